The first-order valence-corrected chi connectivity index (χ1v) is 14.2. The third-order valence-corrected chi connectivity index (χ3v) is 8.94. The molecule has 0 N–H and O–H groups in total. The molecule has 0 amide bonds. The number of fused-ring (bicyclic) bond motifs is 5. The molecule has 0 aliphatic carbocycles. The first-order chi connectivity index (χ1) is 19.7. The summed E-state index contributed by atoms with van der Waals surface area (Å²) < 4.78 is 0. The Kier molecular flexibility index (Phi) is 5.26. The standard InChI is InChI=1S/C37H23NOS/c39-37-30-9-2-1-8-24(30)19-21-31-29(10-7-11-32(31)37)27-17-16-26-23-28(20-18-25(26)22-27)38-33-12-3-5-14-35(33)40-36-15-6-4-13-34(36)38/h1-23H. The van der Waals surface area contributed by atoms with Gasteiger partial charge in [-0.25, -0.2) is 0 Å². The van der Waals surface area contributed by atoms with Gasteiger partial charge in [-0.3, -0.25) is 4.79 Å². The van der Waals surface area contributed by atoms with E-state index in [2.05, 4.69) is 108 Å². The van der Waals surface area contributed by atoms with Crippen LogP contribution in [0.5, 0.6) is 0 Å². The molecule has 0 aromatic heterocycles. The molecule has 3 heteroatoms. The maximum absolute atomic E-state index is 13.4. The summed E-state index contributed by atoms with van der Waals surface area (Å²) in [5.74, 6) is 0. The quantitative estimate of drug-likeness (QED) is 0.222. The summed E-state index contributed by atoms with van der Waals surface area (Å²) in [7, 11) is 0. The Bertz CT molecular complexity index is 2140. The summed E-state index contributed by atoms with van der Waals surface area (Å²) in [4.78, 5) is 18.3. The predicted molar refractivity (Wildman–Crippen MR) is 169 cm³/mol. The average molecular weight is 530 g/mol. The lowest BCUT2D eigenvalue weighted by Gasteiger charge is -2.33. The lowest BCUT2D eigenvalue weighted by Crippen LogP contribution is -2.14. The molecule has 188 valence electrons. The van der Waals surface area contributed by atoms with Gasteiger partial charge in [-0.05, 0) is 75.1 Å². The fourth-order valence-corrected chi connectivity index (χ4v) is 6.94. The van der Waals surface area contributed by atoms with Gasteiger partial charge in [0.05, 0.1) is 11.4 Å². The summed E-state index contributed by atoms with van der Waals surface area (Å²) in [5, 5.41) is 5.77. The maximum Gasteiger partial charge on any atom is 0.194 e. The number of hydrogen-bond donors (Lipinski definition) is 0. The van der Waals surface area contributed by atoms with E-state index in [0.717, 1.165) is 38.4 Å². The van der Waals surface area contributed by atoms with Crippen molar-refractivity contribution in [3.63, 3.8) is 0 Å². The third kappa shape index (κ3) is 3.63. The van der Waals surface area contributed by atoms with Crippen LogP contribution < -0.4 is 10.3 Å². The van der Waals surface area contributed by atoms with Crippen molar-refractivity contribution in [1.29, 1.82) is 0 Å². The van der Waals surface area contributed by atoms with Crippen molar-refractivity contribution in [2.45, 2.75) is 9.79 Å². The van der Waals surface area contributed by atoms with Gasteiger partial charge < -0.3 is 4.90 Å². The van der Waals surface area contributed by atoms with Crippen molar-refractivity contribution in [3.8, 4) is 11.1 Å². The van der Waals surface area contributed by atoms with Gasteiger partial charge in [0.1, 0.15) is 0 Å². The van der Waals surface area contributed by atoms with E-state index in [1.807, 2.05) is 48.2 Å². The number of para-hydroxylation sites is 2. The SMILES string of the molecule is O=c1c2ccccc2ccc2c(-c3ccc4cc(N5c6ccccc6Sc6ccccc65)ccc4c3)cccc12. The molecule has 0 saturated carbocycles. The molecule has 2 nitrogen and oxygen atoms in total. The summed E-state index contributed by atoms with van der Waals surface area (Å²) in [6.07, 6.45) is 0. The van der Waals surface area contributed by atoms with E-state index in [-0.39, 0.29) is 5.43 Å². The highest BCUT2D eigenvalue weighted by Crippen LogP contribution is 2.51. The van der Waals surface area contributed by atoms with Crippen LogP contribution in [0.3, 0.4) is 0 Å². The van der Waals surface area contributed by atoms with Crippen molar-refractivity contribution >= 4 is 61.1 Å². The summed E-state index contributed by atoms with van der Waals surface area (Å²) in [6.45, 7) is 0. The first kappa shape index (κ1) is 23.1. The van der Waals surface area contributed by atoms with Gasteiger partial charge in [0, 0.05) is 26.3 Å². The van der Waals surface area contributed by atoms with Crippen LogP contribution in [0.25, 0.3) is 43.4 Å². The summed E-state index contributed by atoms with van der Waals surface area (Å²) >= 11 is 1.82. The fourth-order valence-electron chi connectivity index (χ4n) is 5.88. The van der Waals surface area contributed by atoms with Crippen LogP contribution in [0.2, 0.25) is 0 Å². The van der Waals surface area contributed by atoms with Crippen molar-refractivity contribution in [2.24, 2.45) is 0 Å². The molecular weight excluding hydrogens is 506 g/mol. The second-order valence-electron chi connectivity index (χ2n) is 10.1. The highest BCUT2D eigenvalue weighted by atomic mass is 32.2. The highest BCUT2D eigenvalue weighted by Gasteiger charge is 2.24. The molecular formula is C37H23NOS. The Morgan fingerprint density at radius 2 is 1.12 bits per heavy atom. The van der Waals surface area contributed by atoms with E-state index in [9.17, 15) is 4.79 Å². The van der Waals surface area contributed by atoms with Crippen LogP contribution in [-0.4, -0.2) is 0 Å². The molecule has 0 fully saturated rings. The van der Waals surface area contributed by atoms with Gasteiger partial charge >= 0.3 is 0 Å². The van der Waals surface area contributed by atoms with Gasteiger partial charge in [-0.15, -0.1) is 0 Å². The van der Waals surface area contributed by atoms with E-state index in [0.29, 0.717) is 0 Å². The monoisotopic (exact) mass is 529 g/mol. The minimum Gasteiger partial charge on any atom is -0.308 e. The van der Waals surface area contributed by atoms with Gasteiger partial charge in [0.2, 0.25) is 0 Å². The molecule has 8 rings (SSSR count). The van der Waals surface area contributed by atoms with Crippen molar-refractivity contribution < 1.29 is 0 Å². The van der Waals surface area contributed by atoms with Crippen LogP contribution in [0, 0.1) is 0 Å². The van der Waals surface area contributed by atoms with Crippen molar-refractivity contribution in [1.82, 2.24) is 0 Å². The molecule has 1 aliphatic rings. The van der Waals surface area contributed by atoms with E-state index < -0.39 is 0 Å². The van der Waals surface area contributed by atoms with Crippen molar-refractivity contribution in [2.75, 3.05) is 4.90 Å². The van der Waals surface area contributed by atoms with E-state index >= 15 is 0 Å². The number of rotatable bonds is 2. The molecule has 0 atom stereocenters. The molecule has 0 saturated heterocycles. The topological polar surface area (TPSA) is 20.3 Å². The van der Waals surface area contributed by atoms with Crippen LogP contribution in [-0.2, 0) is 0 Å². The summed E-state index contributed by atoms with van der Waals surface area (Å²) in [5.41, 5.74) is 5.78. The maximum atomic E-state index is 13.4. The van der Waals surface area contributed by atoms with Crippen LogP contribution in [0.4, 0.5) is 17.1 Å². The molecule has 0 bridgehead atoms. The van der Waals surface area contributed by atoms with E-state index in [1.54, 1.807) is 0 Å². The molecule has 0 spiro atoms. The Hall–Kier alpha value is -4.86. The van der Waals surface area contributed by atoms with Gasteiger partial charge in [0.25, 0.3) is 0 Å². The fraction of sp³-hybridized carbons (Fsp3) is 0. The highest BCUT2D eigenvalue weighted by molar-refractivity contribution is 7.99. The molecule has 0 unspecified atom stereocenters. The largest absolute Gasteiger partial charge is 0.308 e. The molecule has 1 aliphatic heterocycles. The predicted octanol–water partition coefficient (Wildman–Crippen LogP) is 10.1. The van der Waals surface area contributed by atoms with Crippen LogP contribution in [0.1, 0.15) is 0 Å². The average Bonchev–Trinajstić information content (AvgIpc) is 3.16. The molecule has 7 aromatic carbocycles. The zero-order valence-electron chi connectivity index (χ0n) is 21.5. The molecule has 7 aromatic rings. The smallest absolute Gasteiger partial charge is 0.194 e. The van der Waals surface area contributed by atoms with Crippen LogP contribution >= 0.6 is 11.8 Å². The van der Waals surface area contributed by atoms with Crippen molar-refractivity contribution in [3.05, 3.63) is 150 Å². The Balaban J connectivity index is 1.27. The number of hydrogen-bond acceptors (Lipinski definition) is 3. The molecule has 0 radical (unpaired) electrons. The number of anilines is 3. The molecule has 40 heavy (non-hydrogen) atoms. The lowest BCUT2D eigenvalue weighted by molar-refractivity contribution is 1.17. The van der Waals surface area contributed by atoms with Gasteiger partial charge in [0.15, 0.2) is 5.43 Å². The first-order valence-electron chi connectivity index (χ1n) is 13.4. The third-order valence-electron chi connectivity index (χ3n) is 7.81. The molecule has 1 heterocycles. The van der Waals surface area contributed by atoms with Gasteiger partial charge in [-0.1, -0.05) is 109 Å². The Morgan fingerprint density at radius 1 is 0.475 bits per heavy atom. The van der Waals surface area contributed by atoms with E-state index in [1.165, 1.54) is 31.9 Å². The van der Waals surface area contributed by atoms with E-state index in [4.69, 9.17) is 0 Å². The zero-order chi connectivity index (χ0) is 26.6. The van der Waals surface area contributed by atoms with Crippen LogP contribution in [0.15, 0.2) is 154 Å². The zero-order valence-corrected chi connectivity index (χ0v) is 22.4. The second kappa shape index (κ2) is 9.11. The Morgan fingerprint density at radius 3 is 1.95 bits per heavy atom. The second-order valence-corrected chi connectivity index (χ2v) is 11.2. The Labute approximate surface area is 236 Å². The number of nitrogens with zero attached hydrogens (tertiary/aromatic N) is 1. The number of benzene rings is 6. The lowest BCUT2D eigenvalue weighted by atomic mass is 9.97. The van der Waals surface area contributed by atoms with Gasteiger partial charge in [-0.2, -0.15) is 0 Å². The minimum atomic E-state index is 0.0724. The summed E-state index contributed by atoms with van der Waals surface area (Å²) in [6, 6.07) is 48.5. The normalized spacial score (nSPS) is 12.4. The minimum absolute atomic E-state index is 0.0724.